The van der Waals surface area contributed by atoms with Gasteiger partial charge in [0.05, 0.1) is 0 Å². The highest BCUT2D eigenvalue weighted by Crippen LogP contribution is 2.28. The Morgan fingerprint density at radius 3 is 2.32 bits per heavy atom. The van der Waals surface area contributed by atoms with Gasteiger partial charge in [0.1, 0.15) is 0 Å². The molecule has 0 atom stereocenters. The first-order valence-electron chi connectivity index (χ1n) is 9.35. The van der Waals surface area contributed by atoms with Crippen molar-refractivity contribution in [1.82, 2.24) is 4.90 Å². The molecule has 0 bridgehead atoms. The molecule has 1 aliphatic heterocycles. The van der Waals surface area contributed by atoms with Gasteiger partial charge < -0.3 is 4.90 Å². The number of nitrogens with zero attached hydrogens (tertiary/aromatic N) is 1. The number of hydrogen-bond acceptors (Lipinski definition) is 1. The van der Waals surface area contributed by atoms with Crippen LogP contribution in [0, 0.1) is 5.41 Å². The van der Waals surface area contributed by atoms with E-state index in [1.165, 1.54) is 11.1 Å². The summed E-state index contributed by atoms with van der Waals surface area (Å²) in [6.45, 7) is 8.39. The van der Waals surface area contributed by atoms with E-state index in [9.17, 15) is 4.79 Å². The van der Waals surface area contributed by atoms with Gasteiger partial charge in [-0.05, 0) is 53.9 Å². The Bertz CT molecular complexity index is 706. The van der Waals surface area contributed by atoms with Crippen LogP contribution < -0.4 is 0 Å². The van der Waals surface area contributed by atoms with Gasteiger partial charge in [-0.15, -0.1) is 0 Å². The van der Waals surface area contributed by atoms with Crippen molar-refractivity contribution < 1.29 is 4.79 Å². The number of carbonyl (C=O) groups is 1. The molecule has 2 aromatic rings. The molecule has 1 heterocycles. The van der Waals surface area contributed by atoms with Crippen LogP contribution in [0.3, 0.4) is 0 Å². The fourth-order valence-electron chi connectivity index (χ4n) is 3.75. The fraction of sp³-hybridized carbons (Fsp3) is 0.435. The molecule has 1 saturated heterocycles. The lowest BCUT2D eigenvalue weighted by atomic mass is 9.87. The second-order valence-electron chi connectivity index (χ2n) is 8.41. The van der Waals surface area contributed by atoms with Gasteiger partial charge in [0.25, 0.3) is 5.91 Å². The Labute approximate surface area is 151 Å². The average Bonchev–Trinajstić information content (AvgIpc) is 2.61. The van der Waals surface area contributed by atoms with Gasteiger partial charge >= 0.3 is 0 Å². The minimum Gasteiger partial charge on any atom is -0.339 e. The summed E-state index contributed by atoms with van der Waals surface area (Å²) in [5.74, 6) is 0.764. The van der Waals surface area contributed by atoms with Crippen LogP contribution in [0.25, 0.3) is 0 Å². The minimum absolute atomic E-state index is 0.183. The van der Waals surface area contributed by atoms with E-state index in [4.69, 9.17) is 0 Å². The Morgan fingerprint density at radius 1 is 1.00 bits per heavy atom. The standard InChI is InChI=1S/C23H29NO/c1-23(2,3)17-18-8-7-11-21(16-18)22(25)24-14-12-20(13-15-24)19-9-5-4-6-10-19/h4-11,16,20H,12-15,17H2,1-3H3. The van der Waals surface area contributed by atoms with Crippen LogP contribution in [0.2, 0.25) is 0 Å². The summed E-state index contributed by atoms with van der Waals surface area (Å²) in [7, 11) is 0. The number of likely N-dealkylation sites (tertiary alicyclic amines) is 1. The van der Waals surface area contributed by atoms with Gasteiger partial charge in [-0.25, -0.2) is 0 Å². The molecular weight excluding hydrogens is 306 g/mol. The summed E-state index contributed by atoms with van der Waals surface area (Å²) in [5.41, 5.74) is 3.72. The van der Waals surface area contributed by atoms with Crippen molar-refractivity contribution in [2.75, 3.05) is 13.1 Å². The van der Waals surface area contributed by atoms with Gasteiger partial charge in [-0.1, -0.05) is 63.2 Å². The number of amides is 1. The van der Waals surface area contributed by atoms with Gasteiger partial charge in [-0.3, -0.25) is 4.79 Å². The first-order chi connectivity index (χ1) is 11.9. The fourth-order valence-corrected chi connectivity index (χ4v) is 3.75. The highest BCUT2D eigenvalue weighted by atomic mass is 16.2. The van der Waals surface area contributed by atoms with Crippen molar-refractivity contribution in [2.45, 2.75) is 46.0 Å². The molecule has 25 heavy (non-hydrogen) atoms. The second-order valence-corrected chi connectivity index (χ2v) is 8.41. The van der Waals surface area contributed by atoms with Crippen molar-refractivity contribution in [2.24, 2.45) is 5.41 Å². The highest BCUT2D eigenvalue weighted by Gasteiger charge is 2.24. The third-order valence-corrected chi connectivity index (χ3v) is 4.96. The van der Waals surface area contributed by atoms with E-state index < -0.39 is 0 Å². The Kier molecular flexibility index (Phi) is 5.27. The van der Waals surface area contributed by atoms with Crippen molar-refractivity contribution in [3.05, 3.63) is 71.3 Å². The molecule has 1 amide bonds. The summed E-state index contributed by atoms with van der Waals surface area (Å²) >= 11 is 0. The Balaban J connectivity index is 1.64. The van der Waals surface area contributed by atoms with Crippen LogP contribution >= 0.6 is 0 Å². The van der Waals surface area contributed by atoms with Crippen LogP contribution in [0.4, 0.5) is 0 Å². The van der Waals surface area contributed by atoms with Crippen LogP contribution in [0.15, 0.2) is 54.6 Å². The third-order valence-electron chi connectivity index (χ3n) is 4.96. The van der Waals surface area contributed by atoms with E-state index in [-0.39, 0.29) is 11.3 Å². The first-order valence-corrected chi connectivity index (χ1v) is 9.35. The van der Waals surface area contributed by atoms with E-state index in [0.717, 1.165) is 37.9 Å². The summed E-state index contributed by atoms with van der Waals surface area (Å²) in [6.07, 6.45) is 3.10. The summed E-state index contributed by atoms with van der Waals surface area (Å²) in [6, 6.07) is 18.9. The summed E-state index contributed by atoms with van der Waals surface area (Å²) in [4.78, 5) is 14.9. The maximum Gasteiger partial charge on any atom is 0.253 e. The van der Waals surface area contributed by atoms with Gasteiger partial charge in [0, 0.05) is 18.7 Å². The van der Waals surface area contributed by atoms with Gasteiger partial charge in [-0.2, -0.15) is 0 Å². The predicted molar refractivity (Wildman–Crippen MR) is 104 cm³/mol. The molecule has 0 saturated carbocycles. The van der Waals surface area contributed by atoms with Crippen molar-refractivity contribution in [3.8, 4) is 0 Å². The summed E-state index contributed by atoms with van der Waals surface area (Å²) < 4.78 is 0. The van der Waals surface area contributed by atoms with Crippen molar-refractivity contribution in [1.29, 1.82) is 0 Å². The molecule has 0 N–H and O–H groups in total. The zero-order valence-corrected chi connectivity index (χ0v) is 15.7. The molecule has 0 unspecified atom stereocenters. The minimum atomic E-state index is 0.183. The van der Waals surface area contributed by atoms with Crippen molar-refractivity contribution in [3.63, 3.8) is 0 Å². The lowest BCUT2D eigenvalue weighted by Crippen LogP contribution is -2.38. The first kappa shape index (κ1) is 17.7. The summed E-state index contributed by atoms with van der Waals surface area (Å²) in [5, 5.41) is 0. The molecule has 2 aromatic carbocycles. The molecule has 1 fully saturated rings. The quantitative estimate of drug-likeness (QED) is 0.746. The number of piperidine rings is 1. The van der Waals surface area contributed by atoms with Gasteiger partial charge in [0.15, 0.2) is 0 Å². The zero-order valence-electron chi connectivity index (χ0n) is 15.7. The third kappa shape index (κ3) is 4.72. The molecule has 2 nitrogen and oxygen atoms in total. The molecule has 0 aliphatic carbocycles. The smallest absolute Gasteiger partial charge is 0.253 e. The average molecular weight is 335 g/mol. The monoisotopic (exact) mass is 335 g/mol. The molecule has 1 aliphatic rings. The lowest BCUT2D eigenvalue weighted by molar-refractivity contribution is 0.0713. The highest BCUT2D eigenvalue weighted by molar-refractivity contribution is 5.94. The van der Waals surface area contributed by atoms with Crippen molar-refractivity contribution >= 4 is 5.91 Å². The molecule has 0 aromatic heterocycles. The van der Waals surface area contributed by atoms with Crippen LogP contribution in [0.1, 0.15) is 61.0 Å². The number of hydrogen-bond donors (Lipinski definition) is 0. The Morgan fingerprint density at radius 2 is 1.68 bits per heavy atom. The van der Waals surface area contributed by atoms with E-state index in [2.05, 4.69) is 63.2 Å². The predicted octanol–water partition coefficient (Wildman–Crippen LogP) is 5.30. The van der Waals surface area contributed by atoms with Crippen LogP contribution in [0.5, 0.6) is 0 Å². The van der Waals surface area contributed by atoms with E-state index in [1.54, 1.807) is 0 Å². The SMILES string of the molecule is CC(C)(C)Cc1cccc(C(=O)N2CCC(c3ccccc3)CC2)c1. The molecule has 2 heteroatoms. The molecule has 0 radical (unpaired) electrons. The Hall–Kier alpha value is -2.09. The maximum absolute atomic E-state index is 12.9. The topological polar surface area (TPSA) is 20.3 Å². The number of rotatable bonds is 3. The molecule has 3 rings (SSSR count). The number of carbonyl (C=O) groups excluding carboxylic acids is 1. The van der Waals surface area contributed by atoms with E-state index in [0.29, 0.717) is 5.92 Å². The lowest BCUT2D eigenvalue weighted by Gasteiger charge is -2.32. The second kappa shape index (κ2) is 7.43. The van der Waals surface area contributed by atoms with Crippen LogP contribution in [-0.4, -0.2) is 23.9 Å². The van der Waals surface area contributed by atoms with Gasteiger partial charge in [0.2, 0.25) is 0 Å². The van der Waals surface area contributed by atoms with E-state index >= 15 is 0 Å². The zero-order chi connectivity index (χ0) is 17.9. The van der Waals surface area contributed by atoms with Crippen LogP contribution in [-0.2, 0) is 6.42 Å². The molecular formula is C23H29NO. The normalized spacial score (nSPS) is 16.0. The largest absolute Gasteiger partial charge is 0.339 e. The van der Waals surface area contributed by atoms with E-state index in [1.807, 2.05) is 17.0 Å². The molecule has 132 valence electrons. The number of benzene rings is 2. The maximum atomic E-state index is 12.9. The molecule has 0 spiro atoms.